The van der Waals surface area contributed by atoms with Crippen LogP contribution in [0.3, 0.4) is 0 Å². The molecule has 25 heavy (non-hydrogen) atoms. The lowest BCUT2D eigenvalue weighted by Gasteiger charge is -2.05. The number of Topliss-reactive ketones (excluding diaryl/α,β-unsaturated/α-hetero) is 1. The fourth-order valence-electron chi connectivity index (χ4n) is 3.20. The molecule has 2 aromatic rings. The Morgan fingerprint density at radius 2 is 2.00 bits per heavy atom. The average Bonchev–Trinajstić information content (AvgIpc) is 3.15. The number of ether oxygens (including phenoxy) is 1. The van der Waals surface area contributed by atoms with Gasteiger partial charge >= 0.3 is 5.97 Å². The van der Waals surface area contributed by atoms with Crippen LogP contribution in [0.15, 0.2) is 24.3 Å². The zero-order valence-corrected chi connectivity index (χ0v) is 14.8. The zero-order chi connectivity index (χ0) is 18.0. The molecule has 0 N–H and O–H groups in total. The number of hydrogen-bond donors (Lipinski definition) is 0. The third kappa shape index (κ3) is 3.71. The van der Waals surface area contributed by atoms with E-state index in [1.54, 1.807) is 10.8 Å². The number of aryl methyl sites for hydroxylation is 4. The third-order valence-electron chi connectivity index (χ3n) is 4.72. The van der Waals surface area contributed by atoms with Crippen LogP contribution in [0.4, 0.5) is 0 Å². The molecule has 0 bridgehead atoms. The van der Waals surface area contributed by atoms with Gasteiger partial charge in [-0.05, 0) is 56.4 Å². The maximum atomic E-state index is 12.2. The topological polar surface area (TPSA) is 61.2 Å². The molecule has 5 nitrogen and oxygen atoms in total. The lowest BCUT2D eigenvalue weighted by Crippen LogP contribution is -2.12. The summed E-state index contributed by atoms with van der Waals surface area (Å²) < 4.78 is 6.85. The fourth-order valence-corrected chi connectivity index (χ4v) is 3.20. The molecule has 0 spiro atoms. The van der Waals surface area contributed by atoms with Crippen LogP contribution < -0.4 is 0 Å². The number of fused-ring (bicyclic) bond motifs is 1. The summed E-state index contributed by atoms with van der Waals surface area (Å²) in [5.74, 6) is -0.706. The molecule has 0 atom stereocenters. The van der Waals surface area contributed by atoms with Gasteiger partial charge in [-0.2, -0.15) is 5.10 Å². The number of carbonyl (C=O) groups excluding carboxylic acids is 2. The highest BCUT2D eigenvalue weighted by Crippen LogP contribution is 2.23. The molecule has 1 aromatic carbocycles. The van der Waals surface area contributed by atoms with E-state index in [1.807, 2.05) is 39.1 Å². The molecule has 1 aliphatic rings. The lowest BCUT2D eigenvalue weighted by atomic mass is 10.0. The van der Waals surface area contributed by atoms with Crippen LogP contribution in [0.5, 0.6) is 0 Å². The number of hydrogen-bond acceptors (Lipinski definition) is 4. The first-order valence-corrected chi connectivity index (χ1v) is 8.45. The van der Waals surface area contributed by atoms with Gasteiger partial charge in [0.15, 0.2) is 12.4 Å². The first-order valence-electron chi connectivity index (χ1n) is 8.45. The number of aromatic nitrogens is 2. The second-order valence-corrected chi connectivity index (χ2v) is 6.41. The Balaban J connectivity index is 1.58. The van der Waals surface area contributed by atoms with Crippen molar-refractivity contribution in [3.63, 3.8) is 0 Å². The van der Waals surface area contributed by atoms with E-state index in [9.17, 15) is 9.59 Å². The van der Waals surface area contributed by atoms with Gasteiger partial charge in [-0.3, -0.25) is 9.48 Å². The van der Waals surface area contributed by atoms with Crippen LogP contribution in [0.2, 0.25) is 0 Å². The largest absolute Gasteiger partial charge is 0.454 e. The van der Waals surface area contributed by atoms with Crippen LogP contribution in [0.1, 0.15) is 44.9 Å². The van der Waals surface area contributed by atoms with Gasteiger partial charge < -0.3 is 4.74 Å². The van der Waals surface area contributed by atoms with Crippen molar-refractivity contribution in [3.05, 3.63) is 57.9 Å². The normalized spacial score (nSPS) is 13.2. The number of rotatable bonds is 5. The second-order valence-electron chi connectivity index (χ2n) is 6.41. The van der Waals surface area contributed by atoms with Crippen LogP contribution >= 0.6 is 0 Å². The van der Waals surface area contributed by atoms with E-state index < -0.39 is 5.97 Å². The van der Waals surface area contributed by atoms with Crippen molar-refractivity contribution in [1.29, 1.82) is 0 Å². The van der Waals surface area contributed by atoms with Gasteiger partial charge in [0.2, 0.25) is 0 Å². The van der Waals surface area contributed by atoms with Gasteiger partial charge in [-0.1, -0.05) is 12.1 Å². The van der Waals surface area contributed by atoms with Gasteiger partial charge in [-0.15, -0.1) is 0 Å². The average molecular weight is 338 g/mol. The van der Waals surface area contributed by atoms with E-state index >= 15 is 0 Å². The summed E-state index contributed by atoms with van der Waals surface area (Å²) in [6, 6.07) is 5.75. The van der Waals surface area contributed by atoms with Crippen LogP contribution in [0.25, 0.3) is 6.08 Å². The number of ketones is 1. The highest BCUT2D eigenvalue weighted by atomic mass is 16.5. The fraction of sp³-hybridized carbons (Fsp3) is 0.350. The Hall–Kier alpha value is -2.69. The summed E-state index contributed by atoms with van der Waals surface area (Å²) in [5, 5.41) is 4.29. The van der Waals surface area contributed by atoms with E-state index in [4.69, 9.17) is 4.74 Å². The molecule has 3 rings (SSSR count). The summed E-state index contributed by atoms with van der Waals surface area (Å²) in [6.07, 6.45) is 6.26. The van der Waals surface area contributed by atoms with Gasteiger partial charge in [0.1, 0.15) is 0 Å². The summed E-state index contributed by atoms with van der Waals surface area (Å²) in [7, 11) is 1.85. The molecule has 0 aliphatic heterocycles. The highest BCUT2D eigenvalue weighted by molar-refractivity contribution is 5.99. The molecule has 0 radical (unpaired) electrons. The van der Waals surface area contributed by atoms with Crippen molar-refractivity contribution in [2.45, 2.75) is 33.1 Å². The minimum atomic E-state index is -0.530. The number of nitrogens with zero attached hydrogens (tertiary/aromatic N) is 2. The Labute approximate surface area is 147 Å². The van der Waals surface area contributed by atoms with Crippen molar-refractivity contribution in [3.8, 4) is 0 Å². The first kappa shape index (κ1) is 17.1. The van der Waals surface area contributed by atoms with Crippen molar-refractivity contribution in [2.24, 2.45) is 7.05 Å². The van der Waals surface area contributed by atoms with E-state index in [0.29, 0.717) is 5.56 Å². The molecule has 0 fully saturated rings. The molecular formula is C20H22N2O3. The third-order valence-corrected chi connectivity index (χ3v) is 4.72. The maximum Gasteiger partial charge on any atom is 0.331 e. The Morgan fingerprint density at radius 1 is 1.24 bits per heavy atom. The van der Waals surface area contributed by atoms with Crippen LogP contribution in [-0.2, 0) is 29.4 Å². The van der Waals surface area contributed by atoms with Crippen LogP contribution in [0, 0.1) is 13.8 Å². The van der Waals surface area contributed by atoms with E-state index in [-0.39, 0.29) is 12.4 Å². The van der Waals surface area contributed by atoms with E-state index in [2.05, 4.69) is 5.10 Å². The first-order chi connectivity index (χ1) is 12.0. The van der Waals surface area contributed by atoms with Gasteiger partial charge in [0.05, 0.1) is 5.69 Å². The molecule has 0 amide bonds. The van der Waals surface area contributed by atoms with Crippen molar-refractivity contribution >= 4 is 17.8 Å². The molecule has 5 heteroatoms. The van der Waals surface area contributed by atoms with Crippen molar-refractivity contribution in [2.75, 3.05) is 6.61 Å². The molecule has 1 aliphatic carbocycles. The van der Waals surface area contributed by atoms with E-state index in [0.717, 1.165) is 36.2 Å². The summed E-state index contributed by atoms with van der Waals surface area (Å²) in [5.41, 5.74) is 5.87. The highest BCUT2D eigenvalue weighted by Gasteiger charge is 2.15. The Morgan fingerprint density at radius 3 is 2.72 bits per heavy atom. The zero-order valence-electron chi connectivity index (χ0n) is 14.8. The Kier molecular flexibility index (Phi) is 4.83. The minimum Gasteiger partial charge on any atom is -0.454 e. The molecule has 130 valence electrons. The van der Waals surface area contributed by atoms with Crippen molar-refractivity contribution in [1.82, 2.24) is 9.78 Å². The van der Waals surface area contributed by atoms with E-state index in [1.165, 1.54) is 17.2 Å². The SMILES string of the molecule is Cc1nn(C)c(C)c1/C=C/C(=O)OCC(=O)c1ccc2c(c1)CCC2. The minimum absolute atomic E-state index is 0.176. The maximum absolute atomic E-state index is 12.2. The monoisotopic (exact) mass is 338 g/mol. The second kappa shape index (κ2) is 7.05. The molecule has 1 aromatic heterocycles. The predicted octanol–water partition coefficient (Wildman–Crippen LogP) is 2.96. The number of carbonyl (C=O) groups is 2. The van der Waals surface area contributed by atoms with Crippen LogP contribution in [-0.4, -0.2) is 28.1 Å². The molecule has 0 unspecified atom stereocenters. The molecule has 0 saturated carbocycles. The predicted molar refractivity (Wildman–Crippen MR) is 95.5 cm³/mol. The quantitative estimate of drug-likeness (QED) is 0.478. The summed E-state index contributed by atoms with van der Waals surface area (Å²) in [4.78, 5) is 24.1. The van der Waals surface area contributed by atoms with Gasteiger partial charge in [0.25, 0.3) is 0 Å². The molecule has 0 saturated heterocycles. The smallest absolute Gasteiger partial charge is 0.331 e. The van der Waals surface area contributed by atoms with Crippen molar-refractivity contribution < 1.29 is 14.3 Å². The van der Waals surface area contributed by atoms with Gasteiger partial charge in [-0.25, -0.2) is 4.79 Å². The summed E-state index contributed by atoms with van der Waals surface area (Å²) >= 11 is 0. The number of esters is 1. The Bertz CT molecular complexity index is 862. The van der Waals surface area contributed by atoms with Gasteiger partial charge in [0, 0.05) is 29.9 Å². The summed E-state index contributed by atoms with van der Waals surface area (Å²) in [6.45, 7) is 3.57. The standard InChI is InChI=1S/C20H22N2O3/c1-13-18(14(2)22(3)21-13)9-10-20(24)25-12-19(23)17-8-7-15-5-4-6-16(15)11-17/h7-11H,4-6,12H2,1-3H3/b10-9+. The number of benzene rings is 1. The lowest BCUT2D eigenvalue weighted by molar-refractivity contribution is -0.136. The molecule has 1 heterocycles. The molecular weight excluding hydrogens is 316 g/mol.